The van der Waals surface area contributed by atoms with Crippen LogP contribution in [0.25, 0.3) is 5.57 Å². The van der Waals surface area contributed by atoms with Crippen LogP contribution in [0.1, 0.15) is 25.1 Å². The number of nitrogens with zero attached hydrogens (tertiary/aromatic N) is 1. The smallest absolute Gasteiger partial charge is 0.0799 e. The predicted molar refractivity (Wildman–Crippen MR) is 71.3 cm³/mol. The van der Waals surface area contributed by atoms with Gasteiger partial charge in [0.05, 0.1) is 13.8 Å². The van der Waals surface area contributed by atoms with E-state index in [9.17, 15) is 0 Å². The maximum Gasteiger partial charge on any atom is 0.0799 e. The van der Waals surface area contributed by atoms with Gasteiger partial charge in [-0.05, 0) is 43.2 Å². The zero-order valence-corrected chi connectivity index (χ0v) is 11.7. The van der Waals surface area contributed by atoms with E-state index in [1.165, 1.54) is 16.3 Å². The molecule has 1 aromatic rings. The summed E-state index contributed by atoms with van der Waals surface area (Å²) in [5.74, 6) is 0. The van der Waals surface area contributed by atoms with Crippen molar-refractivity contribution in [3.63, 3.8) is 0 Å². The van der Waals surface area contributed by atoms with Gasteiger partial charge in [0.2, 0.25) is 0 Å². The number of rotatable bonds is 2. The average Bonchev–Trinajstić information content (AvgIpc) is 2.14. The summed E-state index contributed by atoms with van der Waals surface area (Å²) in [6.45, 7) is 13.4. The van der Waals surface area contributed by atoms with Crippen molar-refractivity contribution in [2.75, 3.05) is 0 Å². The minimum Gasteiger partial charge on any atom is -0.257 e. The van der Waals surface area contributed by atoms with Crippen LogP contribution in [0.15, 0.2) is 18.3 Å². The Balaban J connectivity index is 3.21. The molecule has 0 aliphatic heterocycles. The lowest BCUT2D eigenvalue weighted by atomic mass is 10.1. The number of aryl methyl sites for hydroxylation is 1. The summed E-state index contributed by atoms with van der Waals surface area (Å²) in [4.78, 5) is 4.54. The molecule has 0 aliphatic carbocycles. The van der Waals surface area contributed by atoms with Gasteiger partial charge in [0, 0.05) is 6.20 Å². The molecule has 2 heteroatoms. The average molecular weight is 219 g/mol. The van der Waals surface area contributed by atoms with Crippen molar-refractivity contribution < 1.29 is 0 Å². The molecule has 0 saturated carbocycles. The SMILES string of the molecule is C/C=C(\C)c1cc(C)c([Si](C)(C)C)cn1. The molecule has 0 radical (unpaired) electrons. The molecule has 0 unspecified atom stereocenters. The second-order valence-electron chi connectivity index (χ2n) is 5.11. The Bertz CT molecular complexity index is 386. The zero-order chi connectivity index (χ0) is 11.6. The van der Waals surface area contributed by atoms with Crippen LogP contribution in [-0.2, 0) is 0 Å². The standard InChI is InChI=1S/C13H21NSi/c1-7-10(2)12-8-11(3)13(9-14-12)15(4,5)6/h7-9H,1-6H3/b10-7+. The van der Waals surface area contributed by atoms with Gasteiger partial charge in [0.25, 0.3) is 0 Å². The molecule has 1 nitrogen and oxygen atoms in total. The van der Waals surface area contributed by atoms with Crippen molar-refractivity contribution in [3.05, 3.63) is 29.6 Å². The molecule has 0 amide bonds. The van der Waals surface area contributed by atoms with Crippen LogP contribution in [0.5, 0.6) is 0 Å². The fraction of sp³-hybridized carbons (Fsp3) is 0.462. The second kappa shape index (κ2) is 4.31. The Morgan fingerprint density at radius 3 is 2.33 bits per heavy atom. The molecule has 1 heterocycles. The first-order valence-electron chi connectivity index (χ1n) is 5.46. The van der Waals surface area contributed by atoms with Gasteiger partial charge < -0.3 is 0 Å². The van der Waals surface area contributed by atoms with Gasteiger partial charge in [-0.3, -0.25) is 4.98 Å². The topological polar surface area (TPSA) is 12.9 Å². The van der Waals surface area contributed by atoms with E-state index in [1.54, 1.807) is 0 Å². The Morgan fingerprint density at radius 2 is 1.93 bits per heavy atom. The fourth-order valence-corrected chi connectivity index (χ4v) is 3.41. The van der Waals surface area contributed by atoms with E-state index in [1.807, 2.05) is 0 Å². The Kier molecular flexibility index (Phi) is 3.50. The van der Waals surface area contributed by atoms with Crippen molar-refractivity contribution in [2.24, 2.45) is 0 Å². The highest BCUT2D eigenvalue weighted by molar-refractivity contribution is 6.89. The molecule has 0 N–H and O–H groups in total. The molecule has 0 spiro atoms. The Morgan fingerprint density at radius 1 is 1.33 bits per heavy atom. The molecule has 1 rings (SSSR count). The van der Waals surface area contributed by atoms with Crippen LogP contribution in [0, 0.1) is 6.92 Å². The molecular weight excluding hydrogens is 198 g/mol. The molecule has 15 heavy (non-hydrogen) atoms. The molecule has 0 saturated heterocycles. The third-order valence-corrected chi connectivity index (χ3v) is 4.90. The zero-order valence-electron chi connectivity index (χ0n) is 10.7. The highest BCUT2D eigenvalue weighted by atomic mass is 28.3. The molecule has 0 aromatic carbocycles. The van der Waals surface area contributed by atoms with Crippen molar-refractivity contribution >= 4 is 18.8 Å². The van der Waals surface area contributed by atoms with Gasteiger partial charge in [-0.1, -0.05) is 25.7 Å². The first-order valence-corrected chi connectivity index (χ1v) is 8.96. The lowest BCUT2D eigenvalue weighted by molar-refractivity contribution is 1.25. The van der Waals surface area contributed by atoms with E-state index in [-0.39, 0.29) is 0 Å². The summed E-state index contributed by atoms with van der Waals surface area (Å²) in [5, 5.41) is 1.47. The van der Waals surface area contributed by atoms with Gasteiger partial charge in [0.1, 0.15) is 0 Å². The van der Waals surface area contributed by atoms with Crippen LogP contribution < -0.4 is 5.19 Å². The molecule has 0 aliphatic rings. The van der Waals surface area contributed by atoms with Gasteiger partial charge in [-0.2, -0.15) is 0 Å². The number of allylic oxidation sites excluding steroid dienone is 2. The van der Waals surface area contributed by atoms with Crippen molar-refractivity contribution in [1.29, 1.82) is 0 Å². The third kappa shape index (κ3) is 2.78. The van der Waals surface area contributed by atoms with Gasteiger partial charge in [-0.15, -0.1) is 0 Å². The normalized spacial score (nSPS) is 13.1. The molecule has 0 fully saturated rings. The summed E-state index contributed by atoms with van der Waals surface area (Å²) < 4.78 is 0. The van der Waals surface area contributed by atoms with E-state index >= 15 is 0 Å². The van der Waals surface area contributed by atoms with Crippen LogP contribution in [0.3, 0.4) is 0 Å². The van der Waals surface area contributed by atoms with Gasteiger partial charge in [0.15, 0.2) is 0 Å². The van der Waals surface area contributed by atoms with E-state index < -0.39 is 8.07 Å². The van der Waals surface area contributed by atoms with Crippen LogP contribution in [0.2, 0.25) is 19.6 Å². The van der Waals surface area contributed by atoms with Crippen LogP contribution in [-0.4, -0.2) is 13.1 Å². The molecular formula is C13H21NSi. The lowest BCUT2D eigenvalue weighted by Gasteiger charge is -2.19. The first kappa shape index (κ1) is 12.2. The number of hydrogen-bond donors (Lipinski definition) is 0. The summed E-state index contributed by atoms with van der Waals surface area (Å²) in [7, 11) is -1.23. The van der Waals surface area contributed by atoms with Crippen molar-refractivity contribution in [2.45, 2.75) is 40.4 Å². The summed E-state index contributed by atoms with van der Waals surface area (Å²) in [5.41, 5.74) is 3.75. The van der Waals surface area contributed by atoms with E-state index in [4.69, 9.17) is 0 Å². The lowest BCUT2D eigenvalue weighted by Crippen LogP contribution is -2.39. The molecule has 82 valence electrons. The second-order valence-corrected chi connectivity index (χ2v) is 10.1. The molecule has 0 bridgehead atoms. The highest BCUT2D eigenvalue weighted by Crippen LogP contribution is 2.13. The van der Waals surface area contributed by atoms with E-state index in [0.29, 0.717) is 0 Å². The maximum atomic E-state index is 4.54. The summed E-state index contributed by atoms with van der Waals surface area (Å²) in [6.07, 6.45) is 4.18. The van der Waals surface area contributed by atoms with Gasteiger partial charge >= 0.3 is 0 Å². The fourth-order valence-electron chi connectivity index (χ4n) is 1.70. The quantitative estimate of drug-likeness (QED) is 0.695. The molecule has 1 aromatic heterocycles. The minimum absolute atomic E-state index is 1.11. The van der Waals surface area contributed by atoms with E-state index in [0.717, 1.165) is 5.69 Å². The van der Waals surface area contributed by atoms with Gasteiger partial charge in [-0.25, -0.2) is 0 Å². The monoisotopic (exact) mass is 219 g/mol. The Hall–Kier alpha value is -0.893. The van der Waals surface area contributed by atoms with Crippen molar-refractivity contribution in [3.8, 4) is 0 Å². The van der Waals surface area contributed by atoms with Crippen LogP contribution >= 0.6 is 0 Å². The summed E-state index contributed by atoms with van der Waals surface area (Å²) in [6, 6.07) is 2.21. The largest absolute Gasteiger partial charge is 0.257 e. The highest BCUT2D eigenvalue weighted by Gasteiger charge is 2.19. The number of hydrogen-bond acceptors (Lipinski definition) is 1. The summed E-state index contributed by atoms with van der Waals surface area (Å²) >= 11 is 0. The van der Waals surface area contributed by atoms with Crippen LogP contribution in [0.4, 0.5) is 0 Å². The third-order valence-electron chi connectivity index (χ3n) is 2.76. The Labute approximate surface area is 94.3 Å². The predicted octanol–water partition coefficient (Wildman–Crippen LogP) is 3.36. The first-order chi connectivity index (χ1) is 6.86. The minimum atomic E-state index is -1.23. The van der Waals surface area contributed by atoms with E-state index in [2.05, 4.69) is 63.7 Å². The number of aromatic nitrogens is 1. The maximum absolute atomic E-state index is 4.54. The van der Waals surface area contributed by atoms with Crippen molar-refractivity contribution in [1.82, 2.24) is 4.98 Å². The molecule has 0 atom stereocenters. The number of pyridine rings is 1.